The van der Waals surface area contributed by atoms with Crippen LogP contribution >= 0.6 is 0 Å². The van der Waals surface area contributed by atoms with Crippen LogP contribution in [0, 0.1) is 5.92 Å². The zero-order chi connectivity index (χ0) is 17.3. The van der Waals surface area contributed by atoms with Crippen molar-refractivity contribution in [3.63, 3.8) is 0 Å². The van der Waals surface area contributed by atoms with Crippen molar-refractivity contribution in [2.75, 3.05) is 0 Å². The first-order valence-electron chi connectivity index (χ1n) is 8.70. The van der Waals surface area contributed by atoms with Crippen LogP contribution in [0.25, 0.3) is 0 Å². The van der Waals surface area contributed by atoms with Crippen molar-refractivity contribution in [2.45, 2.75) is 83.2 Å². The highest BCUT2D eigenvalue weighted by atomic mass is 16.5. The molecule has 3 heteroatoms. The lowest BCUT2D eigenvalue weighted by Crippen LogP contribution is -2.39. The Morgan fingerprint density at radius 2 is 2.04 bits per heavy atom. The number of aliphatic hydroxyl groups is 2. The highest BCUT2D eigenvalue weighted by Crippen LogP contribution is 2.40. The number of allylic oxidation sites excluding steroid dienone is 1. The van der Waals surface area contributed by atoms with Crippen LogP contribution in [0.1, 0.15) is 59.8 Å². The minimum atomic E-state index is -0.930. The highest BCUT2D eigenvalue weighted by Gasteiger charge is 2.43. The van der Waals surface area contributed by atoms with Gasteiger partial charge in [-0.15, -0.1) is 0 Å². The van der Waals surface area contributed by atoms with Gasteiger partial charge in [-0.2, -0.15) is 0 Å². The molecule has 23 heavy (non-hydrogen) atoms. The van der Waals surface area contributed by atoms with Crippen molar-refractivity contribution >= 4 is 0 Å². The molecule has 0 aromatic rings. The molecule has 5 atom stereocenters. The van der Waals surface area contributed by atoms with Gasteiger partial charge in [0.05, 0.1) is 23.4 Å². The minimum absolute atomic E-state index is 0.0884. The lowest BCUT2D eigenvalue weighted by molar-refractivity contribution is -0.0918. The highest BCUT2D eigenvalue weighted by molar-refractivity contribution is 5.13. The average molecular weight is 320 g/mol. The van der Waals surface area contributed by atoms with Crippen molar-refractivity contribution in [3.8, 4) is 0 Å². The standard InChI is InChI=1S/C20H32O3/c1-14(2)16-13-18-20(5,22)11-7-10-19(4,21)9-6-8-15(3)12-17(16)23-18/h7-8,10,16-18,21-22H,1,6,9,11-13H2,2-5H3/t16-,17+,18-,19-,20+/m1/s1. The van der Waals surface area contributed by atoms with Crippen LogP contribution in [-0.4, -0.2) is 33.6 Å². The van der Waals surface area contributed by atoms with E-state index in [0.29, 0.717) is 18.8 Å². The van der Waals surface area contributed by atoms with E-state index in [1.807, 2.05) is 26.0 Å². The van der Waals surface area contributed by atoms with Crippen molar-refractivity contribution < 1.29 is 14.9 Å². The Balaban J connectivity index is 2.27. The Bertz CT molecular complexity index is 499. The molecule has 2 bridgehead atoms. The summed E-state index contributed by atoms with van der Waals surface area (Å²) in [6.45, 7) is 11.9. The Kier molecular flexibility index (Phi) is 5.55. The van der Waals surface area contributed by atoms with E-state index < -0.39 is 11.2 Å². The Morgan fingerprint density at radius 1 is 1.35 bits per heavy atom. The fourth-order valence-electron chi connectivity index (χ4n) is 3.63. The van der Waals surface area contributed by atoms with Crippen molar-refractivity contribution in [1.82, 2.24) is 0 Å². The number of hydrogen-bond donors (Lipinski definition) is 2. The molecule has 2 aliphatic rings. The van der Waals surface area contributed by atoms with Gasteiger partial charge in [0.25, 0.3) is 0 Å². The summed E-state index contributed by atoms with van der Waals surface area (Å²) in [6, 6.07) is 0. The summed E-state index contributed by atoms with van der Waals surface area (Å²) in [6.07, 6.45) is 9.47. The normalized spacial score (nSPS) is 42.3. The zero-order valence-electron chi connectivity index (χ0n) is 15.0. The van der Waals surface area contributed by atoms with E-state index in [-0.39, 0.29) is 12.2 Å². The van der Waals surface area contributed by atoms with Crippen molar-refractivity contribution in [2.24, 2.45) is 5.92 Å². The molecule has 130 valence electrons. The molecule has 2 rings (SSSR count). The monoisotopic (exact) mass is 320 g/mol. The second-order valence-corrected chi connectivity index (χ2v) is 7.97. The molecular formula is C20H32O3. The Morgan fingerprint density at radius 3 is 2.70 bits per heavy atom. The summed E-state index contributed by atoms with van der Waals surface area (Å²) in [4.78, 5) is 0. The van der Waals surface area contributed by atoms with Gasteiger partial charge >= 0.3 is 0 Å². The zero-order valence-corrected chi connectivity index (χ0v) is 15.0. The largest absolute Gasteiger partial charge is 0.387 e. The summed E-state index contributed by atoms with van der Waals surface area (Å²) in [5.41, 5.74) is 0.647. The summed E-state index contributed by atoms with van der Waals surface area (Å²) in [5.74, 6) is 0.296. The van der Waals surface area contributed by atoms with Gasteiger partial charge < -0.3 is 14.9 Å². The van der Waals surface area contributed by atoms with E-state index in [1.165, 1.54) is 5.57 Å². The SMILES string of the molecule is C=C(C)[C@H]1C[C@H]2O[C@H]1CC(C)=CCC[C@@](C)(O)C=CC[C@]2(C)O. The number of rotatable bonds is 1. The Labute approximate surface area is 140 Å². The summed E-state index contributed by atoms with van der Waals surface area (Å²) < 4.78 is 6.24. The second kappa shape index (κ2) is 6.92. The Hall–Kier alpha value is -0.900. The summed E-state index contributed by atoms with van der Waals surface area (Å²) in [7, 11) is 0. The van der Waals surface area contributed by atoms with E-state index >= 15 is 0 Å². The molecule has 0 aromatic carbocycles. The van der Waals surface area contributed by atoms with Gasteiger partial charge in [-0.25, -0.2) is 0 Å². The molecule has 2 N–H and O–H groups in total. The first-order chi connectivity index (χ1) is 10.6. The van der Waals surface area contributed by atoms with E-state index in [0.717, 1.165) is 24.8 Å². The van der Waals surface area contributed by atoms with E-state index in [9.17, 15) is 10.2 Å². The van der Waals surface area contributed by atoms with Crippen molar-refractivity contribution in [1.29, 1.82) is 0 Å². The van der Waals surface area contributed by atoms with Gasteiger partial charge in [-0.05, 0) is 59.8 Å². The van der Waals surface area contributed by atoms with Gasteiger partial charge in [-0.1, -0.05) is 36.0 Å². The quantitative estimate of drug-likeness (QED) is 0.720. The van der Waals surface area contributed by atoms with Gasteiger partial charge in [0.15, 0.2) is 0 Å². The van der Waals surface area contributed by atoms with E-state index in [2.05, 4.69) is 26.5 Å². The lowest BCUT2D eigenvalue weighted by Gasteiger charge is -2.29. The molecule has 0 spiro atoms. The third kappa shape index (κ3) is 4.79. The molecule has 0 radical (unpaired) electrons. The van der Waals surface area contributed by atoms with Crippen LogP contribution in [0.15, 0.2) is 36.0 Å². The van der Waals surface area contributed by atoms with E-state index in [1.54, 1.807) is 0 Å². The van der Waals surface area contributed by atoms with E-state index in [4.69, 9.17) is 4.74 Å². The van der Waals surface area contributed by atoms with Crippen LogP contribution in [0.4, 0.5) is 0 Å². The molecule has 0 aromatic heterocycles. The van der Waals surface area contributed by atoms with Gasteiger partial charge in [0, 0.05) is 5.92 Å². The van der Waals surface area contributed by atoms with Crippen LogP contribution < -0.4 is 0 Å². The maximum absolute atomic E-state index is 10.8. The first kappa shape index (κ1) is 18.4. The van der Waals surface area contributed by atoms with Crippen LogP contribution in [0.2, 0.25) is 0 Å². The molecular weight excluding hydrogens is 288 g/mol. The van der Waals surface area contributed by atoms with Crippen LogP contribution in [0.5, 0.6) is 0 Å². The molecule has 2 aliphatic heterocycles. The summed E-state index contributed by atoms with van der Waals surface area (Å²) >= 11 is 0. The maximum Gasteiger partial charge on any atom is 0.0914 e. The first-order valence-corrected chi connectivity index (χ1v) is 8.70. The topological polar surface area (TPSA) is 49.7 Å². The minimum Gasteiger partial charge on any atom is -0.387 e. The van der Waals surface area contributed by atoms with Crippen LogP contribution in [-0.2, 0) is 4.74 Å². The predicted octanol–water partition coefficient (Wildman–Crippen LogP) is 3.91. The van der Waals surface area contributed by atoms with Gasteiger partial charge in [-0.3, -0.25) is 0 Å². The molecule has 1 saturated heterocycles. The fourth-order valence-corrected chi connectivity index (χ4v) is 3.63. The smallest absolute Gasteiger partial charge is 0.0914 e. The molecule has 0 amide bonds. The van der Waals surface area contributed by atoms with Crippen LogP contribution in [0.3, 0.4) is 0 Å². The third-order valence-corrected chi connectivity index (χ3v) is 5.26. The maximum atomic E-state index is 10.8. The lowest BCUT2D eigenvalue weighted by atomic mass is 9.84. The average Bonchev–Trinajstić information content (AvgIpc) is 2.81. The number of fused-ring (bicyclic) bond motifs is 2. The van der Waals surface area contributed by atoms with Gasteiger partial charge in [0.2, 0.25) is 0 Å². The second-order valence-electron chi connectivity index (χ2n) is 7.97. The molecule has 1 fully saturated rings. The number of ether oxygens (including phenoxy) is 1. The molecule has 0 unspecified atom stereocenters. The number of hydrogen-bond acceptors (Lipinski definition) is 3. The summed E-state index contributed by atoms with van der Waals surface area (Å²) in [5, 5.41) is 21.2. The molecule has 2 heterocycles. The molecule has 3 nitrogen and oxygen atoms in total. The molecule has 0 aliphatic carbocycles. The van der Waals surface area contributed by atoms with Gasteiger partial charge in [0.1, 0.15) is 0 Å². The predicted molar refractivity (Wildman–Crippen MR) is 94.2 cm³/mol. The third-order valence-electron chi connectivity index (χ3n) is 5.26. The molecule has 0 saturated carbocycles. The fraction of sp³-hybridized carbons (Fsp3) is 0.700. The van der Waals surface area contributed by atoms with Crippen molar-refractivity contribution in [3.05, 3.63) is 36.0 Å².